The van der Waals surface area contributed by atoms with E-state index in [2.05, 4.69) is 10.0 Å². The average molecular weight is 336 g/mol. The van der Waals surface area contributed by atoms with Gasteiger partial charge in [0.15, 0.2) is 5.82 Å². The minimum atomic E-state index is -1.93. The number of aromatic hydroxyl groups is 1. The van der Waals surface area contributed by atoms with E-state index in [1.807, 2.05) is 6.07 Å². The standard InChI is InChI=1S/C14H13FN4O3S/c15-13-10(8-5-9(3-4-16)17-6-8)1-2-11(20)14(13)19-7-12(21)18-23(19)22/h1-2,5,9,17,20H,3,6-7H2,(H,18,21)/t9-,23?/m1/s1. The van der Waals surface area contributed by atoms with E-state index in [4.69, 9.17) is 5.26 Å². The molecule has 9 heteroatoms. The average Bonchev–Trinajstić information content (AvgIpc) is 3.07. The van der Waals surface area contributed by atoms with Gasteiger partial charge in [0.25, 0.3) is 5.91 Å². The smallest absolute Gasteiger partial charge is 0.253 e. The van der Waals surface area contributed by atoms with Crippen LogP contribution in [-0.4, -0.2) is 34.4 Å². The third-order valence-corrected chi connectivity index (χ3v) is 4.76. The fraction of sp³-hybridized carbons (Fsp3) is 0.286. The van der Waals surface area contributed by atoms with Crippen molar-refractivity contribution >= 4 is 28.3 Å². The number of phenolic OH excluding ortho intramolecular Hbond substituents is 1. The molecule has 2 atom stereocenters. The molecule has 1 aromatic carbocycles. The minimum absolute atomic E-state index is 0.157. The topological polar surface area (TPSA) is 105 Å². The van der Waals surface area contributed by atoms with Crippen molar-refractivity contribution in [1.29, 1.82) is 5.26 Å². The zero-order valence-electron chi connectivity index (χ0n) is 11.9. The van der Waals surface area contributed by atoms with Crippen LogP contribution in [0.3, 0.4) is 0 Å². The summed E-state index contributed by atoms with van der Waals surface area (Å²) in [4.78, 5) is 11.3. The summed E-state index contributed by atoms with van der Waals surface area (Å²) < 4.78 is 29.8. The van der Waals surface area contributed by atoms with Crippen molar-refractivity contribution < 1.29 is 18.5 Å². The van der Waals surface area contributed by atoms with Crippen LogP contribution >= 0.6 is 0 Å². The maximum absolute atomic E-state index is 14.8. The van der Waals surface area contributed by atoms with Crippen LogP contribution in [0.1, 0.15) is 12.0 Å². The van der Waals surface area contributed by atoms with E-state index in [1.165, 1.54) is 12.1 Å². The maximum Gasteiger partial charge on any atom is 0.253 e. The summed E-state index contributed by atoms with van der Waals surface area (Å²) >= 11 is -1.93. The van der Waals surface area contributed by atoms with E-state index in [9.17, 15) is 18.5 Å². The second-order valence-corrected chi connectivity index (χ2v) is 6.29. The first-order valence-electron chi connectivity index (χ1n) is 6.83. The second kappa shape index (κ2) is 5.98. The molecule has 1 unspecified atom stereocenters. The van der Waals surface area contributed by atoms with Gasteiger partial charge in [-0.1, -0.05) is 6.08 Å². The Hall–Kier alpha value is -2.44. The predicted molar refractivity (Wildman–Crippen MR) is 81.7 cm³/mol. The zero-order chi connectivity index (χ0) is 16.6. The maximum atomic E-state index is 14.8. The van der Waals surface area contributed by atoms with Crippen LogP contribution in [0.4, 0.5) is 10.1 Å². The first-order chi connectivity index (χ1) is 11.0. The van der Waals surface area contributed by atoms with Crippen molar-refractivity contribution in [2.75, 3.05) is 17.4 Å². The lowest BCUT2D eigenvalue weighted by Gasteiger charge is -2.18. The number of benzene rings is 1. The van der Waals surface area contributed by atoms with Gasteiger partial charge in [0.05, 0.1) is 12.5 Å². The Kier molecular flexibility index (Phi) is 4.02. The van der Waals surface area contributed by atoms with Crippen LogP contribution in [0, 0.1) is 17.1 Å². The van der Waals surface area contributed by atoms with Crippen molar-refractivity contribution in [2.24, 2.45) is 0 Å². The molecular formula is C14H13FN4O3S. The van der Waals surface area contributed by atoms with Crippen LogP contribution < -0.4 is 14.3 Å². The molecule has 0 saturated carbocycles. The fourth-order valence-corrected chi connectivity index (χ4v) is 3.54. The minimum Gasteiger partial charge on any atom is -0.506 e. The molecule has 2 aliphatic rings. The number of nitrogens with one attached hydrogen (secondary N) is 2. The van der Waals surface area contributed by atoms with E-state index in [-0.39, 0.29) is 30.3 Å². The van der Waals surface area contributed by atoms with Crippen LogP contribution in [-0.2, 0) is 16.0 Å². The monoisotopic (exact) mass is 336 g/mol. The normalized spacial score (nSPS) is 23.6. The van der Waals surface area contributed by atoms with Gasteiger partial charge in [-0.25, -0.2) is 8.60 Å². The number of hydrogen-bond acceptors (Lipinski definition) is 5. The van der Waals surface area contributed by atoms with E-state index < -0.39 is 28.6 Å². The number of anilines is 1. The number of rotatable bonds is 3. The molecule has 23 heavy (non-hydrogen) atoms. The third-order valence-electron chi connectivity index (χ3n) is 3.65. The van der Waals surface area contributed by atoms with Gasteiger partial charge in [-0.3, -0.25) is 13.8 Å². The highest BCUT2D eigenvalue weighted by atomic mass is 32.2. The zero-order valence-corrected chi connectivity index (χ0v) is 12.7. The Labute approximate surface area is 134 Å². The summed E-state index contributed by atoms with van der Waals surface area (Å²) in [6, 6.07) is 4.60. The van der Waals surface area contributed by atoms with Gasteiger partial charge >= 0.3 is 0 Å². The number of amides is 1. The van der Waals surface area contributed by atoms with Crippen molar-refractivity contribution in [3.05, 3.63) is 29.6 Å². The lowest BCUT2D eigenvalue weighted by Crippen LogP contribution is -2.24. The molecule has 1 aromatic rings. The number of halogens is 1. The summed E-state index contributed by atoms with van der Waals surface area (Å²) in [5, 5.41) is 21.7. The number of phenols is 1. The largest absolute Gasteiger partial charge is 0.506 e. The van der Waals surface area contributed by atoms with Gasteiger partial charge < -0.3 is 10.4 Å². The molecule has 7 nitrogen and oxygen atoms in total. The molecule has 1 amide bonds. The summed E-state index contributed by atoms with van der Waals surface area (Å²) in [7, 11) is 0. The van der Waals surface area contributed by atoms with Gasteiger partial charge in [0, 0.05) is 18.2 Å². The summed E-state index contributed by atoms with van der Waals surface area (Å²) in [6.07, 6.45) is 2.03. The molecule has 0 aromatic heterocycles. The quantitative estimate of drug-likeness (QED) is 0.737. The molecule has 1 fully saturated rings. The van der Waals surface area contributed by atoms with Gasteiger partial charge in [0.2, 0.25) is 11.2 Å². The summed E-state index contributed by atoms with van der Waals surface area (Å²) in [5.41, 5.74) is 0.610. The summed E-state index contributed by atoms with van der Waals surface area (Å²) in [5.74, 6) is -1.65. The van der Waals surface area contributed by atoms with Crippen molar-refractivity contribution in [1.82, 2.24) is 10.0 Å². The van der Waals surface area contributed by atoms with Crippen LogP contribution in [0.5, 0.6) is 5.75 Å². The number of carbonyl (C=O) groups is 1. The molecule has 1 saturated heterocycles. The van der Waals surface area contributed by atoms with E-state index in [0.29, 0.717) is 12.1 Å². The molecule has 2 heterocycles. The highest BCUT2D eigenvalue weighted by Gasteiger charge is 2.32. The highest BCUT2D eigenvalue weighted by Crippen LogP contribution is 2.37. The molecule has 0 aliphatic carbocycles. The molecule has 0 bridgehead atoms. The van der Waals surface area contributed by atoms with Gasteiger partial charge in [-0.05, 0) is 17.7 Å². The molecule has 3 N–H and O–H groups in total. The number of carbonyl (C=O) groups excluding carboxylic acids is 1. The van der Waals surface area contributed by atoms with E-state index >= 15 is 0 Å². The van der Waals surface area contributed by atoms with Crippen molar-refractivity contribution in [3.63, 3.8) is 0 Å². The van der Waals surface area contributed by atoms with Crippen LogP contribution in [0.25, 0.3) is 5.57 Å². The molecule has 2 aliphatic heterocycles. The molecular weight excluding hydrogens is 323 g/mol. The Balaban J connectivity index is 2.00. The Morgan fingerprint density at radius 2 is 2.30 bits per heavy atom. The van der Waals surface area contributed by atoms with Gasteiger partial charge in [0.1, 0.15) is 18.0 Å². The molecule has 0 spiro atoms. The van der Waals surface area contributed by atoms with Crippen molar-refractivity contribution in [3.8, 4) is 11.8 Å². The van der Waals surface area contributed by atoms with Crippen LogP contribution in [0.2, 0.25) is 0 Å². The Bertz CT molecular complexity index is 774. The first kappa shape index (κ1) is 15.5. The lowest BCUT2D eigenvalue weighted by molar-refractivity contribution is -0.117. The second-order valence-electron chi connectivity index (χ2n) is 5.15. The lowest BCUT2D eigenvalue weighted by atomic mass is 10.0. The fourth-order valence-electron chi connectivity index (χ4n) is 2.59. The first-order valence-corrected chi connectivity index (χ1v) is 7.93. The predicted octanol–water partition coefficient (Wildman–Crippen LogP) is 0.315. The van der Waals surface area contributed by atoms with Crippen molar-refractivity contribution in [2.45, 2.75) is 12.5 Å². The SMILES string of the molecule is N#CC[C@@H]1C=C(c2ccc(O)c(N3CC(=O)NS3=O)c2F)CN1. The molecule has 120 valence electrons. The number of nitriles is 1. The van der Waals surface area contributed by atoms with Crippen LogP contribution in [0.15, 0.2) is 18.2 Å². The third kappa shape index (κ3) is 2.78. The van der Waals surface area contributed by atoms with E-state index in [1.54, 1.807) is 6.08 Å². The van der Waals surface area contributed by atoms with E-state index in [0.717, 1.165) is 4.31 Å². The van der Waals surface area contributed by atoms with Gasteiger partial charge in [-0.2, -0.15) is 5.26 Å². The summed E-state index contributed by atoms with van der Waals surface area (Å²) in [6.45, 7) is 0.0860. The number of hydrogen-bond donors (Lipinski definition) is 3. The number of nitrogens with zero attached hydrogens (tertiary/aromatic N) is 2. The Morgan fingerprint density at radius 3 is 2.96 bits per heavy atom. The molecule has 0 radical (unpaired) electrons. The highest BCUT2D eigenvalue weighted by molar-refractivity contribution is 7.85. The van der Waals surface area contributed by atoms with Gasteiger partial charge in [-0.15, -0.1) is 0 Å². The Morgan fingerprint density at radius 1 is 1.52 bits per heavy atom. The molecule has 3 rings (SSSR count).